The molecule has 0 fully saturated rings. The maximum Gasteiger partial charge on any atom is 0.147 e. The molecular formula is C16H16N2O2S2. The second-order valence-corrected chi connectivity index (χ2v) is 8.66. The molecule has 0 radical (unpaired) electrons. The second kappa shape index (κ2) is 5.44. The van der Waals surface area contributed by atoms with Gasteiger partial charge in [0.25, 0.3) is 0 Å². The molecule has 0 amide bonds. The van der Waals surface area contributed by atoms with E-state index in [9.17, 15) is 8.42 Å². The van der Waals surface area contributed by atoms with Crippen molar-refractivity contribution in [3.8, 4) is 0 Å². The monoisotopic (exact) mass is 332 g/mol. The molecule has 2 N–H and O–H groups in total. The Balaban J connectivity index is 1.98. The average Bonchev–Trinajstić information content (AvgIpc) is 2.93. The summed E-state index contributed by atoms with van der Waals surface area (Å²) in [5, 5.41) is 18.7. The molecule has 2 aromatic rings. The molecule has 1 heterocycles. The van der Waals surface area contributed by atoms with E-state index in [0.717, 1.165) is 27.1 Å². The van der Waals surface area contributed by atoms with Gasteiger partial charge in [-0.3, -0.25) is 10.8 Å². The molecule has 4 nitrogen and oxygen atoms in total. The van der Waals surface area contributed by atoms with E-state index < -0.39 is 9.84 Å². The van der Waals surface area contributed by atoms with Gasteiger partial charge in [0.1, 0.15) is 9.84 Å². The van der Waals surface area contributed by atoms with Crippen molar-refractivity contribution in [1.82, 2.24) is 0 Å². The molecule has 114 valence electrons. The predicted octanol–water partition coefficient (Wildman–Crippen LogP) is 2.87. The van der Waals surface area contributed by atoms with Crippen LogP contribution in [-0.2, 0) is 16.3 Å². The second-order valence-electron chi connectivity index (χ2n) is 5.49. The van der Waals surface area contributed by atoms with Crippen molar-refractivity contribution < 1.29 is 8.42 Å². The lowest BCUT2D eigenvalue weighted by molar-refractivity contribution is 0.599. The summed E-state index contributed by atoms with van der Waals surface area (Å²) in [5.74, 6) is 0.145. The molecule has 1 aliphatic carbocycles. The van der Waals surface area contributed by atoms with E-state index in [0.29, 0.717) is 24.3 Å². The zero-order valence-electron chi connectivity index (χ0n) is 12.1. The first-order valence-electron chi connectivity index (χ1n) is 6.94. The standard InChI is InChI=1S/C16H16N2O2S2/c1-22(19,20)9-3-5-10-4-2-6-11-13(10)15(18)16-12(14(11)17)7-8-21-16/h2,4,6-8,17-18H,3,5,9H2,1H3. The van der Waals surface area contributed by atoms with Crippen LogP contribution in [0.2, 0.25) is 0 Å². The summed E-state index contributed by atoms with van der Waals surface area (Å²) in [7, 11) is -2.97. The van der Waals surface area contributed by atoms with Gasteiger partial charge in [0, 0.05) is 22.9 Å². The Bertz CT molecular complexity index is 879. The zero-order chi connectivity index (χ0) is 15.9. The van der Waals surface area contributed by atoms with Gasteiger partial charge < -0.3 is 0 Å². The minimum absolute atomic E-state index is 0.145. The lowest BCUT2D eigenvalue weighted by Gasteiger charge is -2.21. The fourth-order valence-electron chi connectivity index (χ4n) is 2.80. The Kier molecular flexibility index (Phi) is 3.74. The van der Waals surface area contributed by atoms with Gasteiger partial charge in [0.2, 0.25) is 0 Å². The van der Waals surface area contributed by atoms with Crippen molar-refractivity contribution in [3.63, 3.8) is 0 Å². The number of thiophene rings is 1. The number of rotatable bonds is 4. The van der Waals surface area contributed by atoms with E-state index in [4.69, 9.17) is 10.8 Å². The molecule has 0 spiro atoms. The molecule has 1 aliphatic rings. The van der Waals surface area contributed by atoms with Crippen molar-refractivity contribution in [2.45, 2.75) is 12.8 Å². The third-order valence-electron chi connectivity index (χ3n) is 3.79. The van der Waals surface area contributed by atoms with Gasteiger partial charge in [0.15, 0.2) is 0 Å². The molecule has 0 saturated heterocycles. The van der Waals surface area contributed by atoms with Crippen molar-refractivity contribution in [3.05, 3.63) is 56.8 Å². The molecule has 1 aromatic heterocycles. The number of hydrogen-bond donors (Lipinski definition) is 2. The third-order valence-corrected chi connectivity index (χ3v) is 5.76. The highest BCUT2D eigenvalue weighted by Crippen LogP contribution is 2.32. The number of sulfone groups is 1. The van der Waals surface area contributed by atoms with Crippen LogP contribution in [0.5, 0.6) is 0 Å². The minimum atomic E-state index is -2.97. The fourth-order valence-corrected chi connectivity index (χ4v) is 4.32. The predicted molar refractivity (Wildman–Crippen MR) is 90.7 cm³/mol. The van der Waals surface area contributed by atoms with E-state index in [1.54, 1.807) is 0 Å². The molecule has 3 rings (SSSR count). The summed E-state index contributed by atoms with van der Waals surface area (Å²) in [5.41, 5.74) is 4.23. The van der Waals surface area contributed by atoms with E-state index in [1.807, 2.05) is 29.6 Å². The van der Waals surface area contributed by atoms with E-state index in [-0.39, 0.29) is 5.75 Å². The number of fused-ring (bicyclic) bond motifs is 2. The van der Waals surface area contributed by atoms with Crippen LogP contribution >= 0.6 is 11.3 Å². The van der Waals surface area contributed by atoms with Crippen LogP contribution in [0, 0.1) is 10.8 Å². The van der Waals surface area contributed by atoms with Crippen molar-refractivity contribution in [1.29, 1.82) is 10.8 Å². The Morgan fingerprint density at radius 3 is 2.59 bits per heavy atom. The van der Waals surface area contributed by atoms with Crippen LogP contribution in [-0.4, -0.2) is 31.8 Å². The zero-order valence-corrected chi connectivity index (χ0v) is 13.8. The van der Waals surface area contributed by atoms with Gasteiger partial charge in [-0.2, -0.15) is 0 Å². The topological polar surface area (TPSA) is 81.8 Å². The number of benzene rings is 1. The van der Waals surface area contributed by atoms with Gasteiger partial charge in [-0.1, -0.05) is 18.2 Å². The highest BCUT2D eigenvalue weighted by atomic mass is 32.2. The molecule has 1 aromatic carbocycles. The Labute approximate surface area is 133 Å². The highest BCUT2D eigenvalue weighted by Gasteiger charge is 2.27. The maximum atomic E-state index is 11.3. The Morgan fingerprint density at radius 2 is 1.86 bits per heavy atom. The van der Waals surface area contributed by atoms with Crippen molar-refractivity contribution in [2.24, 2.45) is 0 Å². The summed E-state index contributed by atoms with van der Waals surface area (Å²) < 4.78 is 22.6. The summed E-state index contributed by atoms with van der Waals surface area (Å²) in [6, 6.07) is 7.57. The van der Waals surface area contributed by atoms with Crippen LogP contribution in [0.15, 0.2) is 29.6 Å². The summed E-state index contributed by atoms with van der Waals surface area (Å²) in [6.45, 7) is 0. The molecule has 0 aliphatic heterocycles. The van der Waals surface area contributed by atoms with Crippen LogP contribution in [0.25, 0.3) is 0 Å². The van der Waals surface area contributed by atoms with Gasteiger partial charge >= 0.3 is 0 Å². The van der Waals surface area contributed by atoms with Gasteiger partial charge in [-0.15, -0.1) is 11.3 Å². The molecule has 6 heteroatoms. The van der Waals surface area contributed by atoms with Gasteiger partial charge in [-0.05, 0) is 29.9 Å². The fraction of sp³-hybridized carbons (Fsp3) is 0.250. The van der Waals surface area contributed by atoms with Gasteiger partial charge in [-0.25, -0.2) is 8.42 Å². The first-order valence-corrected chi connectivity index (χ1v) is 9.88. The third kappa shape index (κ3) is 2.64. The SMILES string of the molecule is CS(=O)(=O)CCCc1cccc2c1C(=N)c1sccc1C2=N. The molecule has 0 bridgehead atoms. The Hall–Kier alpha value is -1.79. The quantitative estimate of drug-likeness (QED) is 0.770. The van der Waals surface area contributed by atoms with E-state index in [1.165, 1.54) is 17.6 Å². The summed E-state index contributed by atoms with van der Waals surface area (Å²) in [6.07, 6.45) is 2.38. The van der Waals surface area contributed by atoms with Gasteiger partial charge in [0.05, 0.1) is 22.1 Å². The maximum absolute atomic E-state index is 11.3. The Morgan fingerprint density at radius 1 is 1.09 bits per heavy atom. The number of hydrogen-bond acceptors (Lipinski definition) is 5. The van der Waals surface area contributed by atoms with E-state index >= 15 is 0 Å². The van der Waals surface area contributed by atoms with Crippen LogP contribution in [0.3, 0.4) is 0 Å². The highest BCUT2D eigenvalue weighted by molar-refractivity contribution is 7.90. The smallest absolute Gasteiger partial charge is 0.147 e. The van der Waals surface area contributed by atoms with E-state index in [2.05, 4.69) is 0 Å². The first kappa shape index (κ1) is 15.1. The van der Waals surface area contributed by atoms with Crippen molar-refractivity contribution in [2.75, 3.05) is 12.0 Å². The number of nitrogens with one attached hydrogen (secondary N) is 2. The van der Waals surface area contributed by atoms with Crippen LogP contribution in [0.4, 0.5) is 0 Å². The normalized spacial score (nSPS) is 13.9. The molecule has 0 unspecified atom stereocenters. The van der Waals surface area contributed by atoms with Crippen LogP contribution in [0.1, 0.15) is 33.6 Å². The van der Waals surface area contributed by atoms with Crippen molar-refractivity contribution >= 4 is 32.6 Å². The minimum Gasteiger partial charge on any atom is -0.300 e. The lowest BCUT2D eigenvalue weighted by atomic mass is 9.84. The summed E-state index contributed by atoms with van der Waals surface area (Å²) >= 11 is 1.48. The first-order chi connectivity index (χ1) is 10.4. The van der Waals surface area contributed by atoms with Crippen LogP contribution < -0.4 is 0 Å². The number of aryl methyl sites for hydroxylation is 1. The largest absolute Gasteiger partial charge is 0.300 e. The molecule has 0 atom stereocenters. The molecule has 22 heavy (non-hydrogen) atoms. The lowest BCUT2D eigenvalue weighted by Crippen LogP contribution is -2.21. The average molecular weight is 332 g/mol. The molecule has 0 saturated carbocycles. The molecular weight excluding hydrogens is 316 g/mol. The summed E-state index contributed by atoms with van der Waals surface area (Å²) in [4.78, 5) is 0.827.